The van der Waals surface area contributed by atoms with Gasteiger partial charge in [-0.15, -0.1) is 5.10 Å². The standard InChI is InChI=1S/C25H25FN4O2/c1-12-14(3)21(23-19(10-27)24(28)32-25-22(23)16(5)29-30-25)15(4)13(2)20(12)11-31-18-8-6-17(26)7-9-18/h6-9,23H,11,28H2,1-5H3,(H,29,30). The monoisotopic (exact) mass is 432 g/mol. The first kappa shape index (κ1) is 21.4. The van der Waals surface area contributed by atoms with E-state index in [1.165, 1.54) is 12.1 Å². The van der Waals surface area contributed by atoms with Crippen molar-refractivity contribution in [2.75, 3.05) is 0 Å². The Morgan fingerprint density at radius 1 is 1.06 bits per heavy atom. The zero-order chi connectivity index (χ0) is 23.2. The number of halogens is 1. The van der Waals surface area contributed by atoms with Crippen molar-refractivity contribution in [1.82, 2.24) is 10.2 Å². The van der Waals surface area contributed by atoms with Crippen LogP contribution in [-0.2, 0) is 6.61 Å². The van der Waals surface area contributed by atoms with Gasteiger partial charge in [-0.1, -0.05) is 0 Å². The molecule has 0 spiro atoms. The lowest BCUT2D eigenvalue weighted by atomic mass is 9.76. The van der Waals surface area contributed by atoms with Gasteiger partial charge in [0.05, 0.1) is 5.92 Å². The normalized spacial score (nSPS) is 15.2. The average Bonchev–Trinajstić information content (AvgIpc) is 3.13. The molecule has 6 nitrogen and oxygen atoms in total. The van der Waals surface area contributed by atoms with E-state index in [9.17, 15) is 9.65 Å². The predicted molar refractivity (Wildman–Crippen MR) is 119 cm³/mol. The summed E-state index contributed by atoms with van der Waals surface area (Å²) in [6.07, 6.45) is 0. The number of hydrogen-bond acceptors (Lipinski definition) is 5. The van der Waals surface area contributed by atoms with E-state index in [-0.39, 0.29) is 17.6 Å². The molecule has 0 fully saturated rings. The maximum Gasteiger partial charge on any atom is 0.244 e. The van der Waals surface area contributed by atoms with Crippen LogP contribution >= 0.6 is 0 Å². The van der Waals surface area contributed by atoms with Crippen molar-refractivity contribution in [3.63, 3.8) is 0 Å². The second-order valence-electron chi connectivity index (χ2n) is 8.13. The summed E-state index contributed by atoms with van der Waals surface area (Å²) in [6.45, 7) is 10.5. The Labute approximate surface area is 186 Å². The molecular formula is C25H25FN4O2. The molecule has 0 amide bonds. The van der Waals surface area contributed by atoms with Crippen LogP contribution in [0.2, 0.25) is 0 Å². The number of ether oxygens (including phenoxy) is 2. The zero-order valence-electron chi connectivity index (χ0n) is 18.8. The molecule has 0 saturated heterocycles. The molecule has 0 radical (unpaired) electrons. The number of aryl methyl sites for hydroxylation is 1. The summed E-state index contributed by atoms with van der Waals surface area (Å²) < 4.78 is 24.8. The van der Waals surface area contributed by atoms with Gasteiger partial charge < -0.3 is 15.2 Å². The largest absolute Gasteiger partial charge is 0.489 e. The van der Waals surface area contributed by atoms with Gasteiger partial charge in [0.2, 0.25) is 11.8 Å². The second kappa shape index (κ2) is 8.04. The molecule has 2 heterocycles. The predicted octanol–water partition coefficient (Wildman–Crippen LogP) is 4.89. The van der Waals surface area contributed by atoms with Crippen LogP contribution in [-0.4, -0.2) is 10.2 Å². The van der Waals surface area contributed by atoms with E-state index in [0.717, 1.165) is 44.6 Å². The molecule has 0 aliphatic carbocycles. The van der Waals surface area contributed by atoms with Gasteiger partial charge in [0.25, 0.3) is 0 Å². The molecular weight excluding hydrogens is 407 g/mol. The molecule has 1 aliphatic rings. The summed E-state index contributed by atoms with van der Waals surface area (Å²) in [5.74, 6) is 0.421. The van der Waals surface area contributed by atoms with Gasteiger partial charge in [0, 0.05) is 11.3 Å². The Morgan fingerprint density at radius 2 is 1.69 bits per heavy atom. The molecule has 0 saturated carbocycles. The van der Waals surface area contributed by atoms with Crippen molar-refractivity contribution >= 4 is 0 Å². The molecule has 2 aromatic carbocycles. The van der Waals surface area contributed by atoms with E-state index in [4.69, 9.17) is 15.2 Å². The number of H-pyrrole nitrogens is 1. The van der Waals surface area contributed by atoms with Crippen LogP contribution in [0.25, 0.3) is 0 Å². The number of aromatic amines is 1. The molecule has 164 valence electrons. The Balaban J connectivity index is 1.82. The molecule has 7 heteroatoms. The molecule has 1 aliphatic heterocycles. The number of benzene rings is 2. The fraction of sp³-hybridized carbons (Fsp3) is 0.280. The third-order valence-corrected chi connectivity index (χ3v) is 6.45. The summed E-state index contributed by atoms with van der Waals surface area (Å²) in [7, 11) is 0. The van der Waals surface area contributed by atoms with Gasteiger partial charge in [-0.25, -0.2) is 4.39 Å². The van der Waals surface area contributed by atoms with Crippen LogP contribution in [0.1, 0.15) is 50.6 Å². The number of allylic oxidation sites excluding steroid dienone is 1. The van der Waals surface area contributed by atoms with Crippen molar-refractivity contribution in [3.8, 4) is 17.7 Å². The number of nitrogens with two attached hydrogens (primary N) is 1. The minimum atomic E-state index is -0.369. The van der Waals surface area contributed by atoms with Crippen LogP contribution in [0.3, 0.4) is 0 Å². The minimum absolute atomic E-state index is 0.0781. The maximum atomic E-state index is 13.2. The van der Waals surface area contributed by atoms with E-state index >= 15 is 0 Å². The van der Waals surface area contributed by atoms with Crippen LogP contribution in [0.4, 0.5) is 4.39 Å². The SMILES string of the molecule is Cc1[nH]nc2c1C(c1c(C)c(C)c(COc3ccc(F)cc3)c(C)c1C)C(C#N)=C(N)O2. The van der Waals surface area contributed by atoms with Crippen molar-refractivity contribution in [1.29, 1.82) is 5.26 Å². The minimum Gasteiger partial charge on any atom is -0.489 e. The quantitative estimate of drug-likeness (QED) is 0.612. The summed E-state index contributed by atoms with van der Waals surface area (Å²) in [6, 6.07) is 8.25. The molecule has 0 bridgehead atoms. The molecule has 3 aromatic rings. The Morgan fingerprint density at radius 3 is 2.28 bits per heavy atom. The van der Waals surface area contributed by atoms with Crippen LogP contribution in [0.15, 0.2) is 35.7 Å². The van der Waals surface area contributed by atoms with Crippen molar-refractivity contribution in [2.24, 2.45) is 5.73 Å². The van der Waals surface area contributed by atoms with Crippen molar-refractivity contribution in [2.45, 2.75) is 47.1 Å². The van der Waals surface area contributed by atoms with E-state index < -0.39 is 0 Å². The smallest absolute Gasteiger partial charge is 0.244 e. The fourth-order valence-corrected chi connectivity index (χ4v) is 4.44. The molecule has 1 atom stereocenters. The maximum absolute atomic E-state index is 13.2. The molecule has 1 unspecified atom stereocenters. The van der Waals surface area contributed by atoms with E-state index in [2.05, 4.69) is 30.1 Å². The Bertz CT molecular complexity index is 1250. The van der Waals surface area contributed by atoms with Gasteiger partial charge in [-0.05, 0) is 92.3 Å². The lowest BCUT2D eigenvalue weighted by Gasteiger charge is -2.29. The first-order chi connectivity index (χ1) is 15.2. The first-order valence-corrected chi connectivity index (χ1v) is 10.3. The van der Waals surface area contributed by atoms with Crippen LogP contribution < -0.4 is 15.2 Å². The highest BCUT2D eigenvalue weighted by Gasteiger charge is 2.36. The van der Waals surface area contributed by atoms with Gasteiger partial charge >= 0.3 is 0 Å². The zero-order valence-corrected chi connectivity index (χ0v) is 18.8. The topological polar surface area (TPSA) is 97.0 Å². The second-order valence-corrected chi connectivity index (χ2v) is 8.13. The van der Waals surface area contributed by atoms with Crippen LogP contribution in [0.5, 0.6) is 11.6 Å². The van der Waals surface area contributed by atoms with E-state index in [0.29, 0.717) is 23.8 Å². The Hall–Kier alpha value is -3.79. The summed E-state index contributed by atoms with van der Waals surface area (Å²) in [4.78, 5) is 0. The number of aromatic nitrogens is 2. The number of fused-ring (bicyclic) bond motifs is 1. The fourth-order valence-electron chi connectivity index (χ4n) is 4.44. The number of rotatable bonds is 4. The molecule has 3 N–H and O–H groups in total. The molecule has 32 heavy (non-hydrogen) atoms. The Kier molecular flexibility index (Phi) is 5.39. The number of nitriles is 1. The number of nitrogens with zero attached hydrogens (tertiary/aromatic N) is 2. The van der Waals surface area contributed by atoms with Gasteiger partial charge in [-0.2, -0.15) is 5.26 Å². The highest BCUT2D eigenvalue weighted by atomic mass is 19.1. The summed E-state index contributed by atoms with van der Waals surface area (Å²) in [5, 5.41) is 17.1. The molecule has 4 rings (SSSR count). The average molecular weight is 432 g/mol. The van der Waals surface area contributed by atoms with Gasteiger partial charge in [-0.3, -0.25) is 5.10 Å². The summed E-state index contributed by atoms with van der Waals surface area (Å²) in [5.41, 5.74) is 14.5. The first-order valence-electron chi connectivity index (χ1n) is 10.3. The highest BCUT2D eigenvalue weighted by Crippen LogP contribution is 2.46. The number of nitrogens with one attached hydrogen (secondary N) is 1. The van der Waals surface area contributed by atoms with Gasteiger partial charge in [0.15, 0.2) is 0 Å². The van der Waals surface area contributed by atoms with Crippen molar-refractivity contribution in [3.05, 3.63) is 86.2 Å². The number of hydrogen-bond donors (Lipinski definition) is 2. The van der Waals surface area contributed by atoms with Crippen molar-refractivity contribution < 1.29 is 13.9 Å². The highest BCUT2D eigenvalue weighted by molar-refractivity contribution is 5.61. The lowest BCUT2D eigenvalue weighted by molar-refractivity contribution is 0.304. The van der Waals surface area contributed by atoms with E-state index in [1.807, 2.05) is 20.8 Å². The third-order valence-electron chi connectivity index (χ3n) is 6.45. The lowest BCUT2D eigenvalue weighted by Crippen LogP contribution is -2.23. The van der Waals surface area contributed by atoms with Crippen LogP contribution in [0, 0.1) is 51.8 Å². The third kappa shape index (κ3) is 3.38. The van der Waals surface area contributed by atoms with E-state index in [1.54, 1.807) is 12.1 Å². The van der Waals surface area contributed by atoms with Gasteiger partial charge in [0.1, 0.15) is 29.8 Å². The summed E-state index contributed by atoms with van der Waals surface area (Å²) >= 11 is 0. The molecule has 1 aromatic heterocycles.